The van der Waals surface area contributed by atoms with Gasteiger partial charge in [0.25, 0.3) is 0 Å². The van der Waals surface area contributed by atoms with Gasteiger partial charge < -0.3 is 9.88 Å². The number of hydrogen-bond donors (Lipinski definition) is 1. The van der Waals surface area contributed by atoms with Crippen LogP contribution >= 0.6 is 0 Å². The molecule has 7 heteroatoms. The van der Waals surface area contributed by atoms with E-state index in [1.165, 1.54) is 17.8 Å². The number of likely N-dealkylation sites (tertiary alicyclic amines) is 1. The second kappa shape index (κ2) is 7.01. The van der Waals surface area contributed by atoms with Crippen molar-refractivity contribution in [2.24, 2.45) is 7.05 Å². The molecule has 0 bridgehead atoms. The first kappa shape index (κ1) is 17.7. The van der Waals surface area contributed by atoms with E-state index in [-0.39, 0.29) is 16.8 Å². The van der Waals surface area contributed by atoms with Gasteiger partial charge in [0.15, 0.2) is 9.84 Å². The third-order valence-electron chi connectivity index (χ3n) is 4.58. The number of aryl methyl sites for hydroxylation is 1. The standard InChI is InChI=1S/C18H23N3O3S/c1-20-10-4-8-16(20)17-9-5-11-21(17)13-18(22)19-14-6-3-7-15(12-14)25(2,23)24/h3-4,6-8,10,12,17H,5,9,11,13H2,1-2H3,(H,19,22). The van der Waals surface area contributed by atoms with Crippen molar-refractivity contribution in [3.63, 3.8) is 0 Å². The quantitative estimate of drug-likeness (QED) is 0.886. The van der Waals surface area contributed by atoms with Crippen LogP contribution in [0, 0.1) is 0 Å². The van der Waals surface area contributed by atoms with Crippen molar-refractivity contribution < 1.29 is 13.2 Å². The summed E-state index contributed by atoms with van der Waals surface area (Å²) >= 11 is 0. The van der Waals surface area contributed by atoms with Crippen molar-refractivity contribution in [1.82, 2.24) is 9.47 Å². The Morgan fingerprint density at radius 1 is 1.28 bits per heavy atom. The van der Waals surface area contributed by atoms with E-state index < -0.39 is 9.84 Å². The number of carbonyl (C=O) groups excluding carboxylic acids is 1. The van der Waals surface area contributed by atoms with E-state index in [1.807, 2.05) is 19.3 Å². The smallest absolute Gasteiger partial charge is 0.238 e. The van der Waals surface area contributed by atoms with Crippen LogP contribution in [0.3, 0.4) is 0 Å². The molecule has 0 spiro atoms. The molecule has 1 unspecified atom stereocenters. The van der Waals surface area contributed by atoms with Crippen LogP contribution in [0.2, 0.25) is 0 Å². The van der Waals surface area contributed by atoms with E-state index in [2.05, 4.69) is 20.9 Å². The van der Waals surface area contributed by atoms with Gasteiger partial charge in [-0.1, -0.05) is 6.07 Å². The van der Waals surface area contributed by atoms with Crippen LogP contribution in [-0.4, -0.2) is 43.1 Å². The highest BCUT2D eigenvalue weighted by Gasteiger charge is 2.28. The molecular weight excluding hydrogens is 338 g/mol. The molecule has 6 nitrogen and oxygen atoms in total. The molecule has 0 saturated carbocycles. The monoisotopic (exact) mass is 361 g/mol. The van der Waals surface area contributed by atoms with Gasteiger partial charge in [-0.2, -0.15) is 0 Å². The molecule has 1 fully saturated rings. The van der Waals surface area contributed by atoms with Gasteiger partial charge in [-0.05, 0) is 49.7 Å². The highest BCUT2D eigenvalue weighted by Crippen LogP contribution is 2.31. The zero-order valence-corrected chi connectivity index (χ0v) is 15.3. The lowest BCUT2D eigenvalue weighted by Crippen LogP contribution is -2.33. The highest BCUT2D eigenvalue weighted by atomic mass is 32.2. The first-order valence-corrected chi connectivity index (χ1v) is 10.2. The summed E-state index contributed by atoms with van der Waals surface area (Å²) in [6.07, 6.45) is 5.27. The fourth-order valence-electron chi connectivity index (χ4n) is 3.36. The maximum absolute atomic E-state index is 12.4. The Bertz CT molecular complexity index is 873. The molecule has 1 aliphatic heterocycles. The minimum absolute atomic E-state index is 0.133. The number of hydrogen-bond acceptors (Lipinski definition) is 4. The van der Waals surface area contributed by atoms with Gasteiger partial charge in [-0.15, -0.1) is 0 Å². The van der Waals surface area contributed by atoms with Crippen molar-refractivity contribution in [2.75, 3.05) is 24.7 Å². The van der Waals surface area contributed by atoms with Gasteiger partial charge in [-0.25, -0.2) is 8.42 Å². The van der Waals surface area contributed by atoms with Crippen LogP contribution in [0.4, 0.5) is 5.69 Å². The Balaban J connectivity index is 1.67. The van der Waals surface area contributed by atoms with E-state index >= 15 is 0 Å². The zero-order valence-electron chi connectivity index (χ0n) is 14.5. The number of amides is 1. The van der Waals surface area contributed by atoms with Crippen LogP contribution < -0.4 is 5.32 Å². The Hall–Kier alpha value is -2.12. The number of rotatable bonds is 5. The molecule has 1 aromatic heterocycles. The highest BCUT2D eigenvalue weighted by molar-refractivity contribution is 7.90. The fraction of sp³-hybridized carbons (Fsp3) is 0.389. The lowest BCUT2D eigenvalue weighted by atomic mass is 10.1. The van der Waals surface area contributed by atoms with E-state index in [4.69, 9.17) is 0 Å². The second-order valence-electron chi connectivity index (χ2n) is 6.52. The zero-order chi connectivity index (χ0) is 18.0. The molecule has 25 heavy (non-hydrogen) atoms. The third kappa shape index (κ3) is 4.11. The number of nitrogens with zero attached hydrogens (tertiary/aromatic N) is 2. The van der Waals surface area contributed by atoms with Crippen molar-refractivity contribution in [2.45, 2.75) is 23.8 Å². The van der Waals surface area contributed by atoms with E-state index in [1.54, 1.807) is 12.1 Å². The molecule has 2 aromatic rings. The average Bonchev–Trinajstić information content (AvgIpc) is 3.15. The van der Waals surface area contributed by atoms with Crippen molar-refractivity contribution in [3.05, 3.63) is 48.3 Å². The Kier molecular flexibility index (Phi) is 4.96. The van der Waals surface area contributed by atoms with Crippen molar-refractivity contribution in [3.8, 4) is 0 Å². The summed E-state index contributed by atoms with van der Waals surface area (Å²) < 4.78 is 25.4. The van der Waals surface area contributed by atoms with Gasteiger partial charge in [-0.3, -0.25) is 9.69 Å². The number of nitrogens with one attached hydrogen (secondary N) is 1. The molecule has 3 rings (SSSR count). The van der Waals surface area contributed by atoms with Crippen LogP contribution in [0.5, 0.6) is 0 Å². The Labute approximate surface area is 148 Å². The van der Waals surface area contributed by atoms with Crippen LogP contribution in [0.25, 0.3) is 0 Å². The van der Waals surface area contributed by atoms with Crippen molar-refractivity contribution in [1.29, 1.82) is 0 Å². The number of aromatic nitrogens is 1. The molecule has 0 aliphatic carbocycles. The Morgan fingerprint density at radius 2 is 2.08 bits per heavy atom. The summed E-state index contributed by atoms with van der Waals surface area (Å²) in [5, 5.41) is 2.81. The van der Waals surface area contributed by atoms with Gasteiger partial charge >= 0.3 is 0 Å². The van der Waals surface area contributed by atoms with E-state index in [0.29, 0.717) is 12.2 Å². The summed E-state index contributed by atoms with van der Waals surface area (Å²) in [7, 11) is -1.27. The van der Waals surface area contributed by atoms with Gasteiger partial charge in [0, 0.05) is 30.9 Å². The van der Waals surface area contributed by atoms with E-state index in [9.17, 15) is 13.2 Å². The Morgan fingerprint density at radius 3 is 2.76 bits per heavy atom. The lowest BCUT2D eigenvalue weighted by molar-refractivity contribution is -0.117. The number of benzene rings is 1. The molecule has 1 aromatic carbocycles. The van der Waals surface area contributed by atoms with Crippen LogP contribution in [0.15, 0.2) is 47.5 Å². The first-order chi connectivity index (χ1) is 11.8. The number of carbonyl (C=O) groups is 1. The van der Waals surface area contributed by atoms with Gasteiger partial charge in [0.1, 0.15) is 0 Å². The second-order valence-corrected chi connectivity index (χ2v) is 8.54. The van der Waals surface area contributed by atoms with Gasteiger partial charge in [0.2, 0.25) is 5.91 Å². The average molecular weight is 361 g/mol. The maximum atomic E-state index is 12.4. The molecule has 2 heterocycles. The minimum Gasteiger partial charge on any atom is -0.353 e. The van der Waals surface area contributed by atoms with Crippen LogP contribution in [0.1, 0.15) is 24.6 Å². The molecular formula is C18H23N3O3S. The molecule has 1 N–H and O–H groups in total. The molecule has 134 valence electrons. The summed E-state index contributed by atoms with van der Waals surface area (Å²) in [5.74, 6) is -0.133. The summed E-state index contributed by atoms with van der Waals surface area (Å²) in [6.45, 7) is 1.17. The molecule has 1 atom stereocenters. The topological polar surface area (TPSA) is 71.4 Å². The summed E-state index contributed by atoms with van der Waals surface area (Å²) in [4.78, 5) is 14.8. The first-order valence-electron chi connectivity index (χ1n) is 8.30. The summed E-state index contributed by atoms with van der Waals surface area (Å²) in [5.41, 5.74) is 1.71. The van der Waals surface area contributed by atoms with Gasteiger partial charge in [0.05, 0.1) is 17.5 Å². The van der Waals surface area contributed by atoms with Crippen molar-refractivity contribution >= 4 is 21.4 Å². The van der Waals surface area contributed by atoms with E-state index in [0.717, 1.165) is 25.6 Å². The largest absolute Gasteiger partial charge is 0.353 e. The molecule has 1 amide bonds. The molecule has 1 saturated heterocycles. The number of anilines is 1. The number of sulfone groups is 1. The normalized spacial score (nSPS) is 18.4. The minimum atomic E-state index is -3.29. The van der Waals surface area contributed by atoms with Crippen LogP contribution in [-0.2, 0) is 21.7 Å². The fourth-order valence-corrected chi connectivity index (χ4v) is 4.03. The molecule has 1 aliphatic rings. The third-order valence-corrected chi connectivity index (χ3v) is 5.69. The lowest BCUT2D eigenvalue weighted by Gasteiger charge is -2.24. The predicted octanol–water partition coefficient (Wildman–Crippen LogP) is 2.20. The molecule has 0 radical (unpaired) electrons. The summed E-state index contributed by atoms with van der Waals surface area (Å²) in [6, 6.07) is 10.7. The SMILES string of the molecule is Cn1cccc1C1CCCN1CC(=O)Nc1cccc(S(C)(=O)=O)c1. The maximum Gasteiger partial charge on any atom is 0.238 e. The predicted molar refractivity (Wildman–Crippen MR) is 97.1 cm³/mol.